The molecule has 0 bridgehead atoms. The summed E-state index contributed by atoms with van der Waals surface area (Å²) < 4.78 is 1.01. The van der Waals surface area contributed by atoms with Crippen LogP contribution in [-0.4, -0.2) is 23.4 Å². The highest BCUT2D eigenvalue weighted by molar-refractivity contribution is 9.10. The van der Waals surface area contributed by atoms with Crippen LogP contribution in [0.3, 0.4) is 0 Å². The van der Waals surface area contributed by atoms with E-state index in [1.54, 1.807) is 0 Å². The molecule has 1 saturated heterocycles. The molecule has 2 rings (SSSR count). The van der Waals surface area contributed by atoms with Crippen LogP contribution in [0.2, 0.25) is 0 Å². The van der Waals surface area contributed by atoms with Gasteiger partial charge in [0, 0.05) is 22.6 Å². The number of amides is 1. The molecule has 1 aromatic rings. The lowest BCUT2D eigenvalue weighted by Gasteiger charge is -2.37. The summed E-state index contributed by atoms with van der Waals surface area (Å²) in [5.74, 6) is 0.783. The monoisotopic (exact) mass is 309 g/mol. The van der Waals surface area contributed by atoms with Gasteiger partial charge in [-0.2, -0.15) is 0 Å². The zero-order valence-corrected chi connectivity index (χ0v) is 12.8. The fourth-order valence-corrected chi connectivity index (χ4v) is 2.93. The van der Waals surface area contributed by atoms with Gasteiger partial charge in [-0.05, 0) is 50.3 Å². The third-order valence-electron chi connectivity index (χ3n) is 3.88. The first kappa shape index (κ1) is 13.6. The normalized spacial score (nSPS) is 24.1. The summed E-state index contributed by atoms with van der Waals surface area (Å²) in [5, 5.41) is 0. The van der Waals surface area contributed by atoms with Crippen LogP contribution in [0.1, 0.15) is 42.6 Å². The van der Waals surface area contributed by atoms with Gasteiger partial charge < -0.3 is 4.90 Å². The first-order valence-electron chi connectivity index (χ1n) is 6.56. The van der Waals surface area contributed by atoms with Gasteiger partial charge in [-0.1, -0.05) is 28.9 Å². The lowest BCUT2D eigenvalue weighted by atomic mass is 9.94. The van der Waals surface area contributed by atoms with Crippen molar-refractivity contribution in [2.45, 2.75) is 39.7 Å². The standard InChI is InChI=1S/C15H20BrNO/c1-10-7-8-11(2)17(9-10)15(18)13-5-4-6-14(16)12(13)3/h4-6,10-11H,7-9H2,1-3H3. The van der Waals surface area contributed by atoms with Crippen molar-refractivity contribution in [1.82, 2.24) is 4.90 Å². The molecule has 1 aromatic carbocycles. The maximum absolute atomic E-state index is 12.6. The third kappa shape index (κ3) is 2.61. The second-order valence-corrected chi connectivity index (χ2v) is 6.26. The number of likely N-dealkylation sites (tertiary alicyclic amines) is 1. The molecule has 3 heteroatoms. The maximum atomic E-state index is 12.6. The Morgan fingerprint density at radius 3 is 2.78 bits per heavy atom. The minimum atomic E-state index is 0.174. The number of hydrogen-bond acceptors (Lipinski definition) is 1. The fourth-order valence-electron chi connectivity index (χ4n) is 2.57. The van der Waals surface area contributed by atoms with Crippen LogP contribution in [0.25, 0.3) is 0 Å². The van der Waals surface area contributed by atoms with Crippen molar-refractivity contribution in [2.75, 3.05) is 6.54 Å². The van der Waals surface area contributed by atoms with Crippen LogP contribution in [-0.2, 0) is 0 Å². The second kappa shape index (κ2) is 5.43. The Morgan fingerprint density at radius 2 is 2.06 bits per heavy atom. The Labute approximate surface area is 117 Å². The van der Waals surface area contributed by atoms with Crippen LogP contribution in [0.15, 0.2) is 22.7 Å². The van der Waals surface area contributed by atoms with Crippen molar-refractivity contribution in [2.24, 2.45) is 5.92 Å². The number of nitrogens with zero attached hydrogens (tertiary/aromatic N) is 1. The number of rotatable bonds is 1. The van der Waals surface area contributed by atoms with Gasteiger partial charge in [0.25, 0.3) is 5.91 Å². The summed E-state index contributed by atoms with van der Waals surface area (Å²) in [6.45, 7) is 7.25. The molecule has 18 heavy (non-hydrogen) atoms. The smallest absolute Gasteiger partial charge is 0.254 e. The predicted molar refractivity (Wildman–Crippen MR) is 77.8 cm³/mol. The summed E-state index contributed by atoms with van der Waals surface area (Å²) in [6, 6.07) is 6.19. The number of halogens is 1. The van der Waals surface area contributed by atoms with Gasteiger partial charge in [0.2, 0.25) is 0 Å². The summed E-state index contributed by atoms with van der Waals surface area (Å²) >= 11 is 3.49. The maximum Gasteiger partial charge on any atom is 0.254 e. The molecule has 1 amide bonds. The van der Waals surface area contributed by atoms with Crippen molar-refractivity contribution in [1.29, 1.82) is 0 Å². The zero-order chi connectivity index (χ0) is 13.3. The van der Waals surface area contributed by atoms with Crippen LogP contribution >= 0.6 is 15.9 Å². The lowest BCUT2D eigenvalue weighted by Crippen LogP contribution is -2.45. The van der Waals surface area contributed by atoms with E-state index in [4.69, 9.17) is 0 Å². The first-order valence-corrected chi connectivity index (χ1v) is 7.36. The average molecular weight is 310 g/mol. The van der Waals surface area contributed by atoms with Gasteiger partial charge in [-0.25, -0.2) is 0 Å². The lowest BCUT2D eigenvalue weighted by molar-refractivity contribution is 0.0573. The quantitative estimate of drug-likeness (QED) is 0.767. The fraction of sp³-hybridized carbons (Fsp3) is 0.533. The van der Waals surface area contributed by atoms with Crippen molar-refractivity contribution in [3.63, 3.8) is 0 Å². The molecule has 2 nitrogen and oxygen atoms in total. The molecule has 0 spiro atoms. The van der Waals surface area contributed by atoms with Gasteiger partial charge in [0.05, 0.1) is 0 Å². The molecule has 1 aliphatic heterocycles. The molecule has 0 N–H and O–H groups in total. The second-order valence-electron chi connectivity index (χ2n) is 5.40. The first-order chi connectivity index (χ1) is 8.50. The number of benzene rings is 1. The van der Waals surface area contributed by atoms with Gasteiger partial charge in [0.15, 0.2) is 0 Å². The van der Waals surface area contributed by atoms with E-state index in [0.717, 1.165) is 28.6 Å². The van der Waals surface area contributed by atoms with Gasteiger partial charge >= 0.3 is 0 Å². The Bertz CT molecular complexity index is 458. The highest BCUT2D eigenvalue weighted by Crippen LogP contribution is 2.26. The predicted octanol–water partition coefficient (Wildman–Crippen LogP) is 4.02. The molecule has 1 heterocycles. The molecule has 2 unspecified atom stereocenters. The molecule has 98 valence electrons. The molecule has 0 saturated carbocycles. The molecule has 1 fully saturated rings. The summed E-state index contributed by atoms with van der Waals surface area (Å²) in [5.41, 5.74) is 1.86. The Balaban J connectivity index is 2.27. The molecule has 1 aliphatic rings. The SMILES string of the molecule is Cc1c(Br)cccc1C(=O)N1CC(C)CCC1C. The minimum absolute atomic E-state index is 0.174. The van der Waals surface area contributed by atoms with E-state index in [-0.39, 0.29) is 5.91 Å². The van der Waals surface area contributed by atoms with Crippen LogP contribution in [0.4, 0.5) is 0 Å². The molecule has 0 radical (unpaired) electrons. The minimum Gasteiger partial charge on any atom is -0.336 e. The van der Waals surface area contributed by atoms with E-state index in [0.29, 0.717) is 12.0 Å². The Morgan fingerprint density at radius 1 is 1.33 bits per heavy atom. The third-order valence-corrected chi connectivity index (χ3v) is 4.74. The number of carbonyl (C=O) groups is 1. The van der Waals surface area contributed by atoms with Gasteiger partial charge in [-0.15, -0.1) is 0 Å². The van der Waals surface area contributed by atoms with E-state index in [2.05, 4.69) is 29.8 Å². The Hall–Kier alpha value is -0.830. The van der Waals surface area contributed by atoms with E-state index in [9.17, 15) is 4.79 Å². The topological polar surface area (TPSA) is 20.3 Å². The zero-order valence-electron chi connectivity index (χ0n) is 11.2. The molecule has 0 aromatic heterocycles. The van der Waals surface area contributed by atoms with E-state index >= 15 is 0 Å². The highest BCUT2D eigenvalue weighted by atomic mass is 79.9. The van der Waals surface area contributed by atoms with Gasteiger partial charge in [-0.3, -0.25) is 4.79 Å². The van der Waals surface area contributed by atoms with Crippen molar-refractivity contribution in [3.05, 3.63) is 33.8 Å². The van der Waals surface area contributed by atoms with Crippen molar-refractivity contribution < 1.29 is 4.79 Å². The van der Waals surface area contributed by atoms with Crippen LogP contribution < -0.4 is 0 Å². The average Bonchev–Trinajstić information content (AvgIpc) is 2.35. The van der Waals surface area contributed by atoms with Gasteiger partial charge in [0.1, 0.15) is 0 Å². The van der Waals surface area contributed by atoms with Crippen molar-refractivity contribution in [3.8, 4) is 0 Å². The van der Waals surface area contributed by atoms with Crippen LogP contribution in [0.5, 0.6) is 0 Å². The molecule has 2 atom stereocenters. The number of piperidine rings is 1. The molecular formula is C15H20BrNO. The summed E-state index contributed by atoms with van der Waals surface area (Å²) in [7, 11) is 0. The van der Waals surface area contributed by atoms with Crippen LogP contribution in [0, 0.1) is 12.8 Å². The van der Waals surface area contributed by atoms with Crippen molar-refractivity contribution >= 4 is 21.8 Å². The molecular weight excluding hydrogens is 290 g/mol. The molecule has 0 aliphatic carbocycles. The van der Waals surface area contributed by atoms with E-state index in [1.807, 2.05) is 30.0 Å². The van der Waals surface area contributed by atoms with E-state index < -0.39 is 0 Å². The number of hydrogen-bond donors (Lipinski definition) is 0. The van der Waals surface area contributed by atoms with E-state index in [1.165, 1.54) is 6.42 Å². The Kier molecular flexibility index (Phi) is 4.10. The summed E-state index contributed by atoms with van der Waals surface area (Å²) in [6.07, 6.45) is 2.34. The largest absolute Gasteiger partial charge is 0.336 e. The summed E-state index contributed by atoms with van der Waals surface area (Å²) in [4.78, 5) is 14.7. The highest BCUT2D eigenvalue weighted by Gasteiger charge is 2.28. The number of carbonyl (C=O) groups excluding carboxylic acids is 1.